The quantitative estimate of drug-likeness (QED) is 0.689. The van der Waals surface area contributed by atoms with E-state index in [1.165, 1.54) is 12.8 Å². The van der Waals surface area contributed by atoms with Gasteiger partial charge in [-0.05, 0) is 56.9 Å². The first-order valence-electron chi connectivity index (χ1n) is 11.4. The highest BCUT2D eigenvalue weighted by Crippen LogP contribution is 2.42. The molecule has 3 heterocycles. The zero-order valence-corrected chi connectivity index (χ0v) is 19.7. The Morgan fingerprint density at radius 3 is 2.64 bits per heavy atom. The summed E-state index contributed by atoms with van der Waals surface area (Å²) in [5.74, 6) is 1.70. The third-order valence-electron chi connectivity index (χ3n) is 6.58. The maximum atomic E-state index is 12.7. The Morgan fingerprint density at radius 2 is 1.94 bits per heavy atom. The van der Waals surface area contributed by atoms with Crippen molar-refractivity contribution in [3.05, 3.63) is 35.5 Å². The van der Waals surface area contributed by atoms with E-state index in [0.717, 1.165) is 5.56 Å². The Kier molecular flexibility index (Phi) is 5.74. The molecule has 9 nitrogen and oxygen atoms in total. The summed E-state index contributed by atoms with van der Waals surface area (Å²) in [7, 11) is -3.30. The van der Waals surface area contributed by atoms with Crippen LogP contribution in [0, 0.1) is 5.92 Å². The van der Waals surface area contributed by atoms with Crippen LogP contribution in [-0.4, -0.2) is 56.8 Å². The van der Waals surface area contributed by atoms with Gasteiger partial charge in [0, 0.05) is 29.9 Å². The number of morpholine rings is 1. The van der Waals surface area contributed by atoms with E-state index in [0.29, 0.717) is 60.8 Å². The molecule has 10 heteroatoms. The van der Waals surface area contributed by atoms with Crippen molar-refractivity contribution in [3.63, 3.8) is 0 Å². The summed E-state index contributed by atoms with van der Waals surface area (Å²) in [6, 6.07) is 7.17. The van der Waals surface area contributed by atoms with Crippen molar-refractivity contribution in [1.82, 2.24) is 15.3 Å². The van der Waals surface area contributed by atoms with Crippen LogP contribution in [0.15, 0.2) is 24.3 Å². The van der Waals surface area contributed by atoms with Gasteiger partial charge in [-0.1, -0.05) is 0 Å². The van der Waals surface area contributed by atoms with Gasteiger partial charge in [0.15, 0.2) is 15.7 Å². The number of carbonyl (C=O) groups excluding carboxylic acids is 1. The largest absolute Gasteiger partial charge is 0.377 e. The summed E-state index contributed by atoms with van der Waals surface area (Å²) >= 11 is 0. The zero-order valence-electron chi connectivity index (χ0n) is 18.9. The normalized spacial score (nSPS) is 23.8. The molecule has 2 aliphatic heterocycles. The third kappa shape index (κ3) is 4.54. The number of aromatic nitrogens is 2. The van der Waals surface area contributed by atoms with Crippen LogP contribution in [-0.2, 0) is 20.3 Å². The van der Waals surface area contributed by atoms with Crippen LogP contribution in [0.4, 0.5) is 16.3 Å². The van der Waals surface area contributed by atoms with Crippen LogP contribution in [0.3, 0.4) is 0 Å². The fraction of sp³-hybridized carbons (Fsp3) is 0.522. The molecule has 2 atom stereocenters. The molecule has 5 rings (SSSR count). The van der Waals surface area contributed by atoms with E-state index in [4.69, 9.17) is 9.72 Å². The molecule has 1 unspecified atom stereocenters. The average molecular weight is 472 g/mol. The van der Waals surface area contributed by atoms with Crippen LogP contribution in [0.1, 0.15) is 43.2 Å². The maximum absolute atomic E-state index is 12.7. The number of nitrogens with zero attached hydrogens (tertiary/aromatic N) is 3. The first kappa shape index (κ1) is 22.1. The maximum Gasteiger partial charge on any atom is 0.319 e. The summed E-state index contributed by atoms with van der Waals surface area (Å²) in [6.07, 6.45) is 2.36. The molecule has 33 heavy (non-hydrogen) atoms. The van der Waals surface area contributed by atoms with Crippen LogP contribution in [0.25, 0.3) is 11.4 Å². The minimum absolute atomic E-state index is 0.0778. The number of fused-ring (bicyclic) bond motifs is 1. The highest BCUT2D eigenvalue weighted by atomic mass is 32.2. The molecule has 1 aromatic heterocycles. The van der Waals surface area contributed by atoms with Crippen molar-refractivity contribution < 1.29 is 17.9 Å². The predicted octanol–water partition coefficient (Wildman–Crippen LogP) is 2.89. The summed E-state index contributed by atoms with van der Waals surface area (Å²) in [4.78, 5) is 23.7. The number of ether oxygens (including phenoxy) is 1. The third-order valence-corrected chi connectivity index (χ3v) is 8.57. The molecule has 3 aliphatic rings. The number of urea groups is 1. The number of anilines is 2. The van der Waals surface area contributed by atoms with Crippen LogP contribution < -0.4 is 15.5 Å². The highest BCUT2D eigenvalue weighted by molar-refractivity contribution is 7.91. The molecule has 2 fully saturated rings. The summed E-state index contributed by atoms with van der Waals surface area (Å²) in [6.45, 7) is 6.26. The van der Waals surface area contributed by atoms with Gasteiger partial charge < -0.3 is 20.3 Å². The van der Waals surface area contributed by atoms with Crippen LogP contribution in [0.5, 0.6) is 0 Å². The van der Waals surface area contributed by atoms with E-state index in [2.05, 4.69) is 27.4 Å². The molecule has 1 saturated carbocycles. The molecule has 1 saturated heterocycles. The lowest BCUT2D eigenvalue weighted by molar-refractivity contribution is 0.0984. The van der Waals surface area contributed by atoms with E-state index < -0.39 is 15.1 Å². The Morgan fingerprint density at radius 1 is 1.18 bits per heavy atom. The molecular formula is C23H29N5O4S. The minimum atomic E-state index is -3.30. The first-order valence-corrected chi connectivity index (χ1v) is 13.2. The molecule has 2 amide bonds. The molecule has 1 aromatic carbocycles. The summed E-state index contributed by atoms with van der Waals surface area (Å²) in [5, 5.41) is 5.09. The lowest BCUT2D eigenvalue weighted by atomic mass is 10.1. The Hall–Kier alpha value is -2.72. The first-order chi connectivity index (χ1) is 15.8. The molecule has 0 spiro atoms. The van der Waals surface area contributed by atoms with E-state index in [-0.39, 0.29) is 17.8 Å². The fourth-order valence-corrected chi connectivity index (χ4v) is 5.80. The summed E-state index contributed by atoms with van der Waals surface area (Å²) in [5.41, 5.74) is 2.72. The van der Waals surface area contributed by atoms with Gasteiger partial charge in [-0.25, -0.2) is 23.2 Å². The Labute approximate surface area is 193 Å². The van der Waals surface area contributed by atoms with Crippen molar-refractivity contribution in [2.24, 2.45) is 5.92 Å². The fourth-order valence-electron chi connectivity index (χ4n) is 4.35. The number of hydrogen-bond donors (Lipinski definition) is 2. The summed E-state index contributed by atoms with van der Waals surface area (Å²) < 4.78 is 30.9. The number of hydrogen-bond acceptors (Lipinski definition) is 7. The Balaban J connectivity index is 1.43. The number of nitrogens with one attached hydrogen (secondary N) is 2. The van der Waals surface area contributed by atoms with Gasteiger partial charge >= 0.3 is 6.03 Å². The number of rotatable bonds is 5. The van der Waals surface area contributed by atoms with Gasteiger partial charge in [-0.3, -0.25) is 0 Å². The van der Waals surface area contributed by atoms with Gasteiger partial charge in [-0.15, -0.1) is 0 Å². The standard InChI is InChI=1S/C23H29N5O4S/c1-14-12-32-10-9-28(14)22-20-15(2)33(30,31)13-19(20)26-21(27-22)17-5-7-18(8-6-17)25-23(29)24-11-16-3-4-16/h5-8,14-16H,3-4,9-13H2,1-2H3,(H2,24,25,29)/t14-,15?/m0/s1. The van der Waals surface area contributed by atoms with Crippen molar-refractivity contribution >= 4 is 27.4 Å². The van der Waals surface area contributed by atoms with Gasteiger partial charge in [-0.2, -0.15) is 0 Å². The van der Waals surface area contributed by atoms with Crippen molar-refractivity contribution in [1.29, 1.82) is 0 Å². The lowest BCUT2D eigenvalue weighted by Gasteiger charge is -2.35. The van der Waals surface area contributed by atoms with Crippen LogP contribution in [0.2, 0.25) is 0 Å². The number of amides is 2. The molecule has 2 aromatic rings. The lowest BCUT2D eigenvalue weighted by Crippen LogP contribution is -2.44. The SMILES string of the molecule is CC1c2c(nc(-c3ccc(NC(=O)NCC4CC4)cc3)nc2N2CCOC[C@@H]2C)CS1(=O)=O. The molecule has 0 radical (unpaired) electrons. The monoisotopic (exact) mass is 471 g/mol. The van der Waals surface area contributed by atoms with Crippen molar-refractivity contribution in [2.45, 2.75) is 43.7 Å². The predicted molar refractivity (Wildman–Crippen MR) is 126 cm³/mol. The molecular weight excluding hydrogens is 442 g/mol. The van der Waals surface area contributed by atoms with Gasteiger partial charge in [0.1, 0.15) is 5.82 Å². The van der Waals surface area contributed by atoms with Gasteiger partial charge in [0.2, 0.25) is 0 Å². The van der Waals surface area contributed by atoms with Crippen molar-refractivity contribution in [2.75, 3.05) is 36.5 Å². The smallest absolute Gasteiger partial charge is 0.319 e. The zero-order chi connectivity index (χ0) is 23.2. The van der Waals surface area contributed by atoms with Gasteiger partial charge in [0.25, 0.3) is 0 Å². The van der Waals surface area contributed by atoms with E-state index >= 15 is 0 Å². The van der Waals surface area contributed by atoms with Crippen LogP contribution >= 0.6 is 0 Å². The van der Waals surface area contributed by atoms with E-state index in [1.807, 2.05) is 12.1 Å². The second-order valence-electron chi connectivity index (χ2n) is 9.15. The Bertz CT molecular complexity index is 1160. The average Bonchev–Trinajstić information content (AvgIpc) is 3.58. The molecule has 176 valence electrons. The van der Waals surface area contributed by atoms with E-state index in [1.54, 1.807) is 19.1 Å². The second kappa shape index (κ2) is 8.57. The number of carbonyl (C=O) groups is 1. The second-order valence-corrected chi connectivity index (χ2v) is 11.5. The highest BCUT2D eigenvalue weighted by Gasteiger charge is 2.40. The van der Waals surface area contributed by atoms with E-state index in [9.17, 15) is 13.2 Å². The number of benzene rings is 1. The van der Waals surface area contributed by atoms with Crippen molar-refractivity contribution in [3.8, 4) is 11.4 Å². The molecule has 2 N–H and O–H groups in total. The topological polar surface area (TPSA) is 114 Å². The minimum Gasteiger partial charge on any atom is -0.377 e. The number of sulfone groups is 1. The van der Waals surface area contributed by atoms with Gasteiger partial charge in [0.05, 0.1) is 36.0 Å². The molecule has 1 aliphatic carbocycles. The molecule has 0 bridgehead atoms.